The minimum absolute atomic E-state index is 0.0246. The van der Waals surface area contributed by atoms with Crippen molar-refractivity contribution in [2.45, 2.75) is 39.3 Å². The summed E-state index contributed by atoms with van der Waals surface area (Å²) in [6.45, 7) is 5.65. The van der Waals surface area contributed by atoms with Crippen molar-refractivity contribution in [3.05, 3.63) is 51.8 Å². The van der Waals surface area contributed by atoms with Crippen LogP contribution in [0.1, 0.15) is 30.9 Å². The summed E-state index contributed by atoms with van der Waals surface area (Å²) in [6.07, 6.45) is 7.95. The van der Waals surface area contributed by atoms with Crippen LogP contribution in [0.25, 0.3) is 0 Å². The van der Waals surface area contributed by atoms with E-state index < -0.39 is 0 Å². The molecule has 0 spiro atoms. The van der Waals surface area contributed by atoms with Crippen LogP contribution < -0.4 is 16.0 Å². The molecule has 0 saturated heterocycles. The Balaban J connectivity index is 0.00000114. The van der Waals surface area contributed by atoms with E-state index in [0.29, 0.717) is 11.8 Å². The van der Waals surface area contributed by atoms with Crippen LogP contribution in [0.5, 0.6) is 0 Å². The first-order valence-corrected chi connectivity index (χ1v) is 10.9. The number of halogens is 1. The molecule has 0 amide bonds. The van der Waals surface area contributed by atoms with E-state index in [1.165, 1.54) is 16.7 Å². The Labute approximate surface area is 195 Å². The first-order valence-electron chi connectivity index (χ1n) is 10.1. The van der Waals surface area contributed by atoms with Crippen molar-refractivity contribution in [3.63, 3.8) is 0 Å². The lowest BCUT2D eigenvalue weighted by Crippen LogP contribution is -2.20. The van der Waals surface area contributed by atoms with Crippen molar-refractivity contribution in [2.75, 3.05) is 23.8 Å². The number of aliphatic imine (C=N–C) groups is 1. The minimum Gasteiger partial charge on any atom is -0.394 e. The normalized spacial score (nSPS) is 13.3. The summed E-state index contributed by atoms with van der Waals surface area (Å²) >= 11 is 3.44. The van der Waals surface area contributed by atoms with Gasteiger partial charge in [0, 0.05) is 43.4 Å². The standard InChI is InChI=1S/C21H27BrN6O.CO2/c1-14-5-6-18(8-17(14)11-24-10-16-4-3-7-23-9-16)27-21-25-12-19(22)20(28-21)26-15(2)13-29;2-1-3/h5-9,12,15,24,29H,3-4,10-11,13H2,1-2H3,(H2,25,26,27,28);. The van der Waals surface area contributed by atoms with Gasteiger partial charge in [0.2, 0.25) is 5.95 Å². The van der Waals surface area contributed by atoms with Crippen LogP contribution >= 0.6 is 15.9 Å². The van der Waals surface area contributed by atoms with Crippen molar-refractivity contribution >= 4 is 45.7 Å². The summed E-state index contributed by atoms with van der Waals surface area (Å²) in [7, 11) is 0. The highest BCUT2D eigenvalue weighted by atomic mass is 79.9. The molecule has 2 heterocycles. The van der Waals surface area contributed by atoms with Gasteiger partial charge >= 0.3 is 6.15 Å². The third-order valence-electron chi connectivity index (χ3n) is 4.63. The van der Waals surface area contributed by atoms with E-state index >= 15 is 0 Å². The van der Waals surface area contributed by atoms with Crippen molar-refractivity contribution in [2.24, 2.45) is 4.99 Å². The molecule has 10 heteroatoms. The van der Waals surface area contributed by atoms with E-state index in [0.717, 1.165) is 36.1 Å². The number of rotatable bonds is 9. The molecular weight excluding hydrogens is 476 g/mol. The molecule has 32 heavy (non-hydrogen) atoms. The van der Waals surface area contributed by atoms with Gasteiger partial charge in [-0.15, -0.1) is 0 Å². The van der Waals surface area contributed by atoms with E-state index in [2.05, 4.69) is 65.9 Å². The summed E-state index contributed by atoms with van der Waals surface area (Å²) in [6, 6.07) is 6.13. The van der Waals surface area contributed by atoms with Crippen molar-refractivity contribution < 1.29 is 14.7 Å². The smallest absolute Gasteiger partial charge is 0.373 e. The zero-order valence-corrected chi connectivity index (χ0v) is 19.6. The average molecular weight is 503 g/mol. The summed E-state index contributed by atoms with van der Waals surface area (Å²) in [4.78, 5) is 29.3. The highest BCUT2D eigenvalue weighted by Gasteiger charge is 2.09. The largest absolute Gasteiger partial charge is 0.394 e. The summed E-state index contributed by atoms with van der Waals surface area (Å²) in [5.41, 5.74) is 4.71. The van der Waals surface area contributed by atoms with Crippen LogP contribution in [0.3, 0.4) is 0 Å². The summed E-state index contributed by atoms with van der Waals surface area (Å²) in [5, 5.41) is 19.2. The van der Waals surface area contributed by atoms with Gasteiger partial charge in [0.25, 0.3) is 0 Å². The summed E-state index contributed by atoms with van der Waals surface area (Å²) < 4.78 is 0.749. The molecule has 1 aromatic carbocycles. The van der Waals surface area contributed by atoms with E-state index in [9.17, 15) is 5.11 Å². The molecule has 1 aliphatic heterocycles. The van der Waals surface area contributed by atoms with Crippen molar-refractivity contribution in [1.82, 2.24) is 15.3 Å². The molecule has 1 aromatic heterocycles. The van der Waals surface area contributed by atoms with Gasteiger partial charge in [0.15, 0.2) is 0 Å². The third kappa shape index (κ3) is 8.32. The van der Waals surface area contributed by atoms with E-state index in [-0.39, 0.29) is 18.8 Å². The molecule has 0 aliphatic carbocycles. The van der Waals surface area contributed by atoms with Crippen LogP contribution in [-0.4, -0.2) is 46.6 Å². The topological polar surface area (TPSA) is 129 Å². The Morgan fingerprint density at radius 1 is 1.28 bits per heavy atom. The second kappa shape index (κ2) is 13.5. The van der Waals surface area contributed by atoms with Gasteiger partial charge in [-0.25, -0.2) is 4.98 Å². The van der Waals surface area contributed by atoms with E-state index in [1.807, 2.05) is 25.4 Å². The number of hydrogen-bond acceptors (Lipinski definition) is 9. The second-order valence-electron chi connectivity index (χ2n) is 7.23. The molecule has 3 rings (SSSR count). The minimum atomic E-state index is -0.101. The Kier molecular flexibility index (Phi) is 10.7. The number of aryl methyl sites for hydroxylation is 1. The molecule has 1 unspecified atom stereocenters. The van der Waals surface area contributed by atoms with Crippen LogP contribution in [-0.2, 0) is 16.1 Å². The fraction of sp³-hybridized carbons (Fsp3) is 0.364. The van der Waals surface area contributed by atoms with E-state index in [4.69, 9.17) is 9.59 Å². The second-order valence-corrected chi connectivity index (χ2v) is 8.08. The van der Waals surface area contributed by atoms with Crippen LogP contribution in [0.2, 0.25) is 0 Å². The van der Waals surface area contributed by atoms with Gasteiger partial charge in [-0.05, 0) is 71.5 Å². The highest BCUT2D eigenvalue weighted by molar-refractivity contribution is 9.10. The van der Waals surface area contributed by atoms with Crippen molar-refractivity contribution in [3.8, 4) is 0 Å². The molecule has 2 aromatic rings. The lowest BCUT2D eigenvalue weighted by Gasteiger charge is -2.15. The summed E-state index contributed by atoms with van der Waals surface area (Å²) in [5.74, 6) is 1.13. The van der Waals surface area contributed by atoms with Gasteiger partial charge in [-0.3, -0.25) is 4.99 Å². The molecule has 0 fully saturated rings. The Morgan fingerprint density at radius 3 is 2.75 bits per heavy atom. The zero-order chi connectivity index (χ0) is 23.3. The number of aliphatic hydroxyl groups excluding tert-OH is 1. The van der Waals surface area contributed by atoms with Gasteiger partial charge in [-0.2, -0.15) is 14.6 Å². The first-order chi connectivity index (χ1) is 15.5. The first kappa shape index (κ1) is 25.4. The SMILES string of the molecule is Cc1ccc(Nc2ncc(Br)c(NC(C)CO)n2)cc1CNCC1=CN=CCC1.O=C=O. The van der Waals surface area contributed by atoms with Gasteiger partial charge < -0.3 is 21.1 Å². The van der Waals surface area contributed by atoms with Crippen LogP contribution in [0.15, 0.2) is 45.6 Å². The van der Waals surface area contributed by atoms with Gasteiger partial charge in [-0.1, -0.05) is 6.07 Å². The average Bonchev–Trinajstić information content (AvgIpc) is 2.79. The number of anilines is 3. The molecule has 0 radical (unpaired) electrons. The highest BCUT2D eigenvalue weighted by Crippen LogP contribution is 2.23. The third-order valence-corrected chi connectivity index (χ3v) is 5.21. The molecule has 0 saturated carbocycles. The van der Waals surface area contributed by atoms with Gasteiger partial charge in [0.05, 0.1) is 11.1 Å². The number of aliphatic hydroxyl groups is 1. The molecule has 1 atom stereocenters. The molecule has 9 nitrogen and oxygen atoms in total. The molecule has 170 valence electrons. The lowest BCUT2D eigenvalue weighted by molar-refractivity contribution is -0.191. The molecule has 0 bridgehead atoms. The fourth-order valence-corrected chi connectivity index (χ4v) is 3.22. The Bertz CT molecular complexity index is 990. The fourth-order valence-electron chi connectivity index (χ4n) is 2.92. The predicted molar refractivity (Wildman–Crippen MR) is 127 cm³/mol. The number of benzene rings is 1. The number of nitrogens with zero attached hydrogens (tertiary/aromatic N) is 3. The molecule has 4 N–H and O–H groups in total. The number of nitrogens with one attached hydrogen (secondary N) is 3. The zero-order valence-electron chi connectivity index (χ0n) is 18.1. The van der Waals surface area contributed by atoms with Crippen LogP contribution in [0.4, 0.5) is 17.5 Å². The molecule has 1 aliphatic rings. The Hall–Kier alpha value is -2.91. The van der Waals surface area contributed by atoms with Crippen molar-refractivity contribution in [1.29, 1.82) is 0 Å². The quantitative estimate of drug-likeness (QED) is 0.410. The Morgan fingerprint density at radius 2 is 2.06 bits per heavy atom. The number of carbonyl (C=O) groups excluding carboxylic acids is 2. The van der Waals surface area contributed by atoms with Crippen LogP contribution in [0, 0.1) is 6.92 Å². The molecular formula is C22H27BrN6O3. The van der Waals surface area contributed by atoms with Gasteiger partial charge in [0.1, 0.15) is 5.82 Å². The maximum absolute atomic E-state index is 9.25. The number of aromatic nitrogens is 2. The lowest BCUT2D eigenvalue weighted by atomic mass is 10.1. The van der Waals surface area contributed by atoms with E-state index in [1.54, 1.807) is 6.20 Å². The maximum atomic E-state index is 9.25. The predicted octanol–water partition coefficient (Wildman–Crippen LogP) is 3.34. The number of hydrogen-bond donors (Lipinski definition) is 4. The monoisotopic (exact) mass is 502 g/mol. The maximum Gasteiger partial charge on any atom is 0.373 e.